The van der Waals surface area contributed by atoms with Gasteiger partial charge in [-0.1, -0.05) is 121 Å². The van der Waals surface area contributed by atoms with E-state index in [0.29, 0.717) is 28.1 Å². The van der Waals surface area contributed by atoms with Crippen LogP contribution in [0.4, 0.5) is 0 Å². The van der Waals surface area contributed by atoms with Crippen LogP contribution in [-0.4, -0.2) is 15.0 Å². The van der Waals surface area contributed by atoms with E-state index >= 15 is 0 Å². The molecule has 0 fully saturated rings. The molecule has 39 heavy (non-hydrogen) atoms. The lowest BCUT2D eigenvalue weighted by atomic mass is 9.96. The van der Waals surface area contributed by atoms with E-state index in [1.165, 1.54) is 0 Å². The first-order chi connectivity index (χ1) is 19.2. The molecule has 0 aliphatic carbocycles. The summed E-state index contributed by atoms with van der Waals surface area (Å²) in [6.07, 6.45) is 0. The van der Waals surface area contributed by atoms with Crippen molar-refractivity contribution < 1.29 is 0 Å². The van der Waals surface area contributed by atoms with Gasteiger partial charge in [0.25, 0.3) is 0 Å². The molecule has 4 nitrogen and oxygen atoms in total. The highest BCUT2D eigenvalue weighted by atomic mass is 35.5. The first-order valence-electron chi connectivity index (χ1n) is 12.5. The summed E-state index contributed by atoms with van der Waals surface area (Å²) in [6.45, 7) is 0. The van der Waals surface area contributed by atoms with Gasteiger partial charge in [0.1, 0.15) is 0 Å². The summed E-state index contributed by atoms with van der Waals surface area (Å²) >= 11 is 6.88. The maximum absolute atomic E-state index is 9.10. The Balaban J connectivity index is 1.48. The molecule has 0 aliphatic rings. The predicted molar refractivity (Wildman–Crippen MR) is 157 cm³/mol. The molecule has 0 saturated heterocycles. The molecule has 0 atom stereocenters. The Kier molecular flexibility index (Phi) is 6.66. The summed E-state index contributed by atoms with van der Waals surface area (Å²) in [7, 11) is 0. The van der Waals surface area contributed by atoms with Crippen molar-refractivity contribution in [1.82, 2.24) is 15.0 Å². The smallest absolute Gasteiger partial charge is 0.164 e. The van der Waals surface area contributed by atoms with Crippen molar-refractivity contribution >= 4 is 11.6 Å². The Labute approximate surface area is 231 Å². The molecule has 0 N–H and O–H groups in total. The second-order valence-electron chi connectivity index (χ2n) is 8.97. The summed E-state index contributed by atoms with van der Waals surface area (Å²) in [5, 5.41) is 9.72. The third kappa shape index (κ3) is 5.04. The van der Waals surface area contributed by atoms with Gasteiger partial charge in [-0.3, -0.25) is 0 Å². The van der Waals surface area contributed by atoms with E-state index in [9.17, 15) is 0 Å². The Morgan fingerprint density at radius 2 is 0.974 bits per heavy atom. The average molecular weight is 521 g/mol. The number of nitrogens with zero attached hydrogens (tertiary/aromatic N) is 4. The van der Waals surface area contributed by atoms with E-state index in [1.54, 1.807) is 0 Å². The number of aromatic nitrogens is 3. The molecule has 6 rings (SSSR count). The van der Waals surface area contributed by atoms with E-state index in [-0.39, 0.29) is 0 Å². The Hall–Kier alpha value is -5.11. The summed E-state index contributed by atoms with van der Waals surface area (Å²) in [5.41, 5.74) is 7.10. The Morgan fingerprint density at radius 1 is 0.462 bits per heavy atom. The van der Waals surface area contributed by atoms with Gasteiger partial charge in [0.05, 0.1) is 11.6 Å². The van der Waals surface area contributed by atoms with Crippen molar-refractivity contribution in [2.24, 2.45) is 0 Å². The molecule has 6 aromatic rings. The highest BCUT2D eigenvalue weighted by molar-refractivity contribution is 6.33. The van der Waals surface area contributed by atoms with E-state index in [1.807, 2.05) is 127 Å². The molecule has 1 aromatic heterocycles. The number of halogens is 1. The van der Waals surface area contributed by atoms with Crippen LogP contribution in [0.3, 0.4) is 0 Å². The van der Waals surface area contributed by atoms with E-state index in [4.69, 9.17) is 31.8 Å². The van der Waals surface area contributed by atoms with Crippen LogP contribution in [0.1, 0.15) is 5.56 Å². The van der Waals surface area contributed by atoms with Gasteiger partial charge in [-0.25, -0.2) is 15.0 Å². The zero-order valence-corrected chi connectivity index (χ0v) is 21.5. The minimum Gasteiger partial charge on any atom is -0.208 e. The number of hydrogen-bond donors (Lipinski definition) is 0. The Bertz CT molecular complexity index is 1750. The average Bonchev–Trinajstić information content (AvgIpc) is 3.02. The zero-order chi connectivity index (χ0) is 26.6. The maximum atomic E-state index is 9.10. The van der Waals surface area contributed by atoms with E-state index < -0.39 is 0 Å². The van der Waals surface area contributed by atoms with Crippen molar-refractivity contribution in [2.75, 3.05) is 0 Å². The first-order valence-corrected chi connectivity index (χ1v) is 12.8. The van der Waals surface area contributed by atoms with Gasteiger partial charge in [0.2, 0.25) is 0 Å². The second-order valence-corrected chi connectivity index (χ2v) is 9.37. The summed E-state index contributed by atoms with van der Waals surface area (Å²) in [5.74, 6) is 1.79. The molecule has 5 heteroatoms. The first kappa shape index (κ1) is 24.2. The van der Waals surface area contributed by atoms with Crippen molar-refractivity contribution in [3.63, 3.8) is 0 Å². The molecule has 5 aromatic carbocycles. The fraction of sp³-hybridized carbons (Fsp3) is 0. The van der Waals surface area contributed by atoms with E-state index in [0.717, 1.165) is 38.9 Å². The van der Waals surface area contributed by atoms with Gasteiger partial charge < -0.3 is 0 Å². The monoisotopic (exact) mass is 520 g/mol. The fourth-order valence-electron chi connectivity index (χ4n) is 4.49. The highest BCUT2D eigenvalue weighted by Crippen LogP contribution is 2.38. The molecular formula is C34H21ClN4. The number of rotatable bonds is 5. The molecule has 0 unspecified atom stereocenters. The predicted octanol–water partition coefficient (Wildman–Crippen LogP) is 8.73. The topological polar surface area (TPSA) is 62.5 Å². The maximum Gasteiger partial charge on any atom is 0.164 e. The van der Waals surface area contributed by atoms with Gasteiger partial charge >= 0.3 is 0 Å². The van der Waals surface area contributed by atoms with Crippen LogP contribution in [-0.2, 0) is 0 Å². The lowest BCUT2D eigenvalue weighted by Crippen LogP contribution is -2.01. The standard InChI is InChI=1S/C34H21ClN4/c35-31-21-27(24-17-15-23(22-36)16-18-24)19-20-29(31)28-13-7-8-14-30(28)34-38-32(25-9-3-1-4-10-25)37-33(39-34)26-11-5-2-6-12-26/h1-21H. The van der Waals surface area contributed by atoms with E-state index in [2.05, 4.69) is 6.07 Å². The van der Waals surface area contributed by atoms with Crippen molar-refractivity contribution in [1.29, 1.82) is 5.26 Å². The molecular weight excluding hydrogens is 500 g/mol. The van der Waals surface area contributed by atoms with Crippen LogP contribution in [0.5, 0.6) is 0 Å². The van der Waals surface area contributed by atoms with Crippen LogP contribution < -0.4 is 0 Å². The lowest BCUT2D eigenvalue weighted by molar-refractivity contribution is 1.07. The minimum absolute atomic E-state index is 0.575. The molecule has 0 amide bonds. The third-order valence-electron chi connectivity index (χ3n) is 6.47. The largest absolute Gasteiger partial charge is 0.208 e. The lowest BCUT2D eigenvalue weighted by Gasteiger charge is -2.14. The van der Waals surface area contributed by atoms with Gasteiger partial charge in [-0.05, 0) is 34.9 Å². The van der Waals surface area contributed by atoms with Gasteiger partial charge in [-0.2, -0.15) is 5.26 Å². The summed E-state index contributed by atoms with van der Waals surface area (Å²) in [4.78, 5) is 14.6. The number of nitriles is 1. The summed E-state index contributed by atoms with van der Waals surface area (Å²) < 4.78 is 0. The summed E-state index contributed by atoms with van der Waals surface area (Å²) in [6, 6.07) is 43.5. The Morgan fingerprint density at radius 3 is 1.54 bits per heavy atom. The van der Waals surface area contributed by atoms with Crippen molar-refractivity contribution in [3.05, 3.63) is 138 Å². The molecule has 0 saturated carbocycles. The van der Waals surface area contributed by atoms with Crippen LogP contribution in [0.2, 0.25) is 5.02 Å². The molecule has 1 heterocycles. The van der Waals surface area contributed by atoms with Crippen LogP contribution in [0.25, 0.3) is 56.4 Å². The van der Waals surface area contributed by atoms with Crippen LogP contribution in [0, 0.1) is 11.3 Å². The van der Waals surface area contributed by atoms with Crippen molar-refractivity contribution in [3.8, 4) is 62.5 Å². The third-order valence-corrected chi connectivity index (χ3v) is 6.79. The fourth-order valence-corrected chi connectivity index (χ4v) is 4.77. The zero-order valence-electron chi connectivity index (χ0n) is 20.8. The molecule has 184 valence electrons. The SMILES string of the molecule is N#Cc1ccc(-c2ccc(-c3ccccc3-c3nc(-c4ccccc4)nc(-c4ccccc4)n3)c(Cl)c2)cc1. The quantitative estimate of drug-likeness (QED) is 0.228. The number of benzene rings is 5. The molecule has 0 aliphatic heterocycles. The normalized spacial score (nSPS) is 10.7. The van der Waals surface area contributed by atoms with Gasteiger partial charge in [0.15, 0.2) is 17.5 Å². The molecule has 0 radical (unpaired) electrons. The highest BCUT2D eigenvalue weighted by Gasteiger charge is 2.17. The number of hydrogen-bond acceptors (Lipinski definition) is 4. The minimum atomic E-state index is 0.575. The van der Waals surface area contributed by atoms with Crippen molar-refractivity contribution in [2.45, 2.75) is 0 Å². The molecule has 0 bridgehead atoms. The van der Waals surface area contributed by atoms with Crippen LogP contribution >= 0.6 is 11.6 Å². The van der Waals surface area contributed by atoms with Crippen LogP contribution in [0.15, 0.2) is 127 Å². The van der Waals surface area contributed by atoms with Gasteiger partial charge in [0, 0.05) is 27.3 Å². The second kappa shape index (κ2) is 10.7. The van der Waals surface area contributed by atoms with Gasteiger partial charge in [-0.15, -0.1) is 0 Å². The molecule has 0 spiro atoms.